The summed E-state index contributed by atoms with van der Waals surface area (Å²) in [7, 11) is 0. The number of halogens is 2. The van der Waals surface area contributed by atoms with Crippen molar-refractivity contribution in [2.45, 2.75) is 69.8 Å². The van der Waals surface area contributed by atoms with Crippen LogP contribution in [0.15, 0.2) is 0 Å². The molecule has 0 radical (unpaired) electrons. The van der Waals surface area contributed by atoms with Gasteiger partial charge in [-0.3, -0.25) is 0 Å². The zero-order valence-electron chi connectivity index (χ0n) is 13.7. The molecule has 3 heterocycles. The number of piperidine rings is 1. The van der Waals surface area contributed by atoms with Crippen LogP contribution in [0.3, 0.4) is 0 Å². The van der Waals surface area contributed by atoms with Gasteiger partial charge < -0.3 is 9.47 Å². The van der Waals surface area contributed by atoms with Crippen LogP contribution in [-0.2, 0) is 13.0 Å². The molecule has 1 saturated heterocycles. The summed E-state index contributed by atoms with van der Waals surface area (Å²) in [6, 6.07) is 0. The topological polar surface area (TPSA) is 34.0 Å². The predicted molar refractivity (Wildman–Crippen MR) is 83.7 cm³/mol. The number of alkyl halides is 2. The molecular formula is C17H26F2N4. The van der Waals surface area contributed by atoms with Gasteiger partial charge in [-0.1, -0.05) is 0 Å². The first kappa shape index (κ1) is 15.5. The molecule has 128 valence electrons. The van der Waals surface area contributed by atoms with Crippen LogP contribution in [0.5, 0.6) is 0 Å². The molecule has 1 aromatic rings. The Bertz CT molecular complexity index is 547. The molecule has 2 fully saturated rings. The number of nitrogens with zero attached hydrogens (tertiary/aromatic N) is 4. The number of likely N-dealkylation sites (tertiary alicyclic amines) is 1. The van der Waals surface area contributed by atoms with Crippen LogP contribution in [0.2, 0.25) is 0 Å². The van der Waals surface area contributed by atoms with Gasteiger partial charge in [0.25, 0.3) is 0 Å². The highest BCUT2D eigenvalue weighted by Gasteiger charge is 2.36. The molecule has 0 aromatic carbocycles. The Balaban J connectivity index is 1.36. The van der Waals surface area contributed by atoms with Crippen LogP contribution in [0, 0.1) is 5.92 Å². The summed E-state index contributed by atoms with van der Waals surface area (Å²) in [6.45, 7) is 4.16. The van der Waals surface area contributed by atoms with E-state index in [2.05, 4.69) is 19.7 Å². The number of aryl methyl sites for hydroxylation is 1. The Kier molecular flexibility index (Phi) is 4.12. The Morgan fingerprint density at radius 3 is 2.70 bits per heavy atom. The zero-order chi connectivity index (χ0) is 15.9. The van der Waals surface area contributed by atoms with Crippen molar-refractivity contribution in [1.82, 2.24) is 19.7 Å². The molecule has 4 nitrogen and oxygen atoms in total. The van der Waals surface area contributed by atoms with Crippen LogP contribution < -0.4 is 0 Å². The molecule has 1 saturated carbocycles. The SMILES string of the molecule is FC1(F)CCC(CN2CCC[C@H](c3nnc4n3CCC4)C2)CC1. The van der Waals surface area contributed by atoms with Gasteiger partial charge in [0.1, 0.15) is 11.6 Å². The summed E-state index contributed by atoms with van der Waals surface area (Å²) in [4.78, 5) is 2.49. The van der Waals surface area contributed by atoms with E-state index in [4.69, 9.17) is 0 Å². The van der Waals surface area contributed by atoms with Crippen molar-refractivity contribution in [1.29, 1.82) is 0 Å². The Hall–Kier alpha value is -1.04. The largest absolute Gasteiger partial charge is 0.315 e. The van der Waals surface area contributed by atoms with Gasteiger partial charge in [-0.15, -0.1) is 10.2 Å². The van der Waals surface area contributed by atoms with Gasteiger partial charge in [-0.2, -0.15) is 0 Å². The van der Waals surface area contributed by atoms with Crippen molar-refractivity contribution in [2.24, 2.45) is 5.92 Å². The fourth-order valence-electron chi connectivity index (χ4n) is 4.55. The van der Waals surface area contributed by atoms with E-state index in [1.54, 1.807) is 0 Å². The van der Waals surface area contributed by atoms with E-state index < -0.39 is 5.92 Å². The number of hydrogen-bond acceptors (Lipinski definition) is 3. The van der Waals surface area contributed by atoms with Gasteiger partial charge in [0.2, 0.25) is 5.92 Å². The summed E-state index contributed by atoms with van der Waals surface area (Å²) >= 11 is 0. The smallest absolute Gasteiger partial charge is 0.248 e. The minimum atomic E-state index is -2.41. The van der Waals surface area contributed by atoms with Crippen LogP contribution >= 0.6 is 0 Å². The highest BCUT2D eigenvalue weighted by molar-refractivity contribution is 5.07. The number of rotatable bonds is 3. The molecule has 23 heavy (non-hydrogen) atoms. The van der Waals surface area contributed by atoms with E-state index in [0.717, 1.165) is 44.2 Å². The third kappa shape index (κ3) is 3.28. The van der Waals surface area contributed by atoms with Crippen LogP contribution in [0.25, 0.3) is 0 Å². The fraction of sp³-hybridized carbons (Fsp3) is 0.882. The monoisotopic (exact) mass is 324 g/mol. The zero-order valence-corrected chi connectivity index (χ0v) is 13.7. The normalized spacial score (nSPS) is 28.9. The van der Waals surface area contributed by atoms with E-state index in [1.807, 2.05) is 0 Å². The molecule has 0 unspecified atom stereocenters. The first-order chi connectivity index (χ1) is 11.1. The van der Waals surface area contributed by atoms with Gasteiger partial charge in [-0.25, -0.2) is 8.78 Å². The first-order valence-corrected chi connectivity index (χ1v) is 9.13. The van der Waals surface area contributed by atoms with E-state index in [-0.39, 0.29) is 12.8 Å². The van der Waals surface area contributed by atoms with E-state index >= 15 is 0 Å². The summed E-state index contributed by atoms with van der Waals surface area (Å²) in [6.07, 6.45) is 6.10. The highest BCUT2D eigenvalue weighted by atomic mass is 19.3. The number of fused-ring (bicyclic) bond motifs is 1. The summed E-state index contributed by atoms with van der Waals surface area (Å²) in [5, 5.41) is 8.79. The highest BCUT2D eigenvalue weighted by Crippen LogP contribution is 2.37. The summed E-state index contributed by atoms with van der Waals surface area (Å²) in [5.74, 6) is 0.804. The molecule has 0 bridgehead atoms. The lowest BCUT2D eigenvalue weighted by atomic mass is 9.85. The van der Waals surface area contributed by atoms with Crippen molar-refractivity contribution in [2.75, 3.05) is 19.6 Å². The minimum absolute atomic E-state index is 0.0760. The Labute approximate surface area is 136 Å². The van der Waals surface area contributed by atoms with Crippen molar-refractivity contribution in [3.05, 3.63) is 11.6 Å². The maximum atomic E-state index is 13.3. The second-order valence-corrected chi connectivity index (χ2v) is 7.63. The minimum Gasteiger partial charge on any atom is -0.315 e. The lowest BCUT2D eigenvalue weighted by Gasteiger charge is -2.36. The molecule has 0 spiro atoms. The van der Waals surface area contributed by atoms with Crippen LogP contribution in [-0.4, -0.2) is 45.2 Å². The van der Waals surface area contributed by atoms with Gasteiger partial charge in [-0.05, 0) is 44.6 Å². The standard InChI is InChI=1S/C17H26F2N4/c18-17(19)7-5-13(6-8-17)11-22-9-1-3-14(12-22)16-21-20-15-4-2-10-23(15)16/h13-14H,1-12H2/t14-/m0/s1. The van der Waals surface area contributed by atoms with E-state index in [9.17, 15) is 8.78 Å². The van der Waals surface area contributed by atoms with Gasteiger partial charge in [0.05, 0.1) is 0 Å². The Morgan fingerprint density at radius 2 is 1.87 bits per heavy atom. The molecule has 2 aliphatic heterocycles. The maximum absolute atomic E-state index is 13.3. The first-order valence-electron chi connectivity index (χ1n) is 9.13. The Morgan fingerprint density at radius 1 is 1.04 bits per heavy atom. The van der Waals surface area contributed by atoms with Crippen molar-refractivity contribution in [3.63, 3.8) is 0 Å². The second-order valence-electron chi connectivity index (χ2n) is 7.63. The molecule has 4 rings (SSSR count). The molecule has 1 aliphatic carbocycles. The lowest BCUT2D eigenvalue weighted by Crippen LogP contribution is -2.40. The predicted octanol–water partition coefficient (Wildman–Crippen LogP) is 3.23. The quantitative estimate of drug-likeness (QED) is 0.856. The van der Waals surface area contributed by atoms with Crippen molar-refractivity contribution in [3.8, 4) is 0 Å². The van der Waals surface area contributed by atoms with Gasteiger partial charge in [0, 0.05) is 44.8 Å². The molecule has 0 amide bonds. The summed E-state index contributed by atoms with van der Waals surface area (Å²) < 4.78 is 28.9. The maximum Gasteiger partial charge on any atom is 0.248 e. The van der Waals surface area contributed by atoms with Gasteiger partial charge in [0.15, 0.2) is 0 Å². The molecule has 1 aromatic heterocycles. The van der Waals surface area contributed by atoms with E-state index in [0.29, 0.717) is 24.7 Å². The average Bonchev–Trinajstić information content (AvgIpc) is 3.13. The fourth-order valence-corrected chi connectivity index (χ4v) is 4.55. The van der Waals surface area contributed by atoms with Crippen LogP contribution in [0.1, 0.15) is 62.5 Å². The molecule has 6 heteroatoms. The average molecular weight is 324 g/mol. The lowest BCUT2D eigenvalue weighted by molar-refractivity contribution is -0.0495. The molecule has 0 N–H and O–H groups in total. The number of aromatic nitrogens is 3. The number of hydrogen-bond donors (Lipinski definition) is 0. The molecular weight excluding hydrogens is 298 g/mol. The third-order valence-electron chi connectivity index (χ3n) is 5.86. The second kappa shape index (κ2) is 6.11. The van der Waals surface area contributed by atoms with Crippen molar-refractivity contribution < 1.29 is 8.78 Å². The van der Waals surface area contributed by atoms with Crippen molar-refractivity contribution >= 4 is 0 Å². The van der Waals surface area contributed by atoms with Gasteiger partial charge >= 0.3 is 0 Å². The third-order valence-corrected chi connectivity index (χ3v) is 5.86. The molecule has 1 atom stereocenters. The van der Waals surface area contributed by atoms with E-state index in [1.165, 1.54) is 19.3 Å². The summed E-state index contributed by atoms with van der Waals surface area (Å²) in [5.41, 5.74) is 0. The molecule has 3 aliphatic rings. The van der Waals surface area contributed by atoms with Crippen LogP contribution in [0.4, 0.5) is 8.78 Å².